The molecule has 0 atom stereocenters. The van der Waals surface area contributed by atoms with E-state index in [4.69, 9.17) is 0 Å². The quantitative estimate of drug-likeness (QED) is 0.575. The van der Waals surface area contributed by atoms with Gasteiger partial charge in [0.2, 0.25) is 0 Å². The van der Waals surface area contributed by atoms with Crippen LogP contribution in [0, 0.1) is 0 Å². The lowest BCUT2D eigenvalue weighted by molar-refractivity contribution is 0.475. The number of hydrogen-bond acceptors (Lipinski definition) is 2. The summed E-state index contributed by atoms with van der Waals surface area (Å²) in [6, 6.07) is 25.4. The maximum Gasteiger partial charge on any atom is 0.145 e. The predicted octanol–water partition coefficient (Wildman–Crippen LogP) is 2.20. The molecule has 0 saturated heterocycles. The Kier molecular flexibility index (Phi) is 3.73. The molecular formula is C19H18O2Si. The maximum atomic E-state index is 9.58. The third-order valence-corrected chi connectivity index (χ3v) is 8.70. The minimum atomic E-state index is -2.15. The fourth-order valence-corrected chi connectivity index (χ4v) is 6.39. The average molecular weight is 306 g/mol. The van der Waals surface area contributed by atoms with E-state index in [-0.39, 0.29) is 11.5 Å². The summed E-state index contributed by atoms with van der Waals surface area (Å²) in [6.45, 7) is 2.29. The van der Waals surface area contributed by atoms with Crippen molar-refractivity contribution in [2.75, 3.05) is 0 Å². The van der Waals surface area contributed by atoms with Crippen LogP contribution < -0.4 is 15.6 Å². The molecule has 2 N–H and O–H groups in total. The van der Waals surface area contributed by atoms with Crippen LogP contribution in [0.2, 0.25) is 6.55 Å². The maximum absolute atomic E-state index is 9.58. The molecule has 0 fully saturated rings. The van der Waals surface area contributed by atoms with Crippen LogP contribution >= 0.6 is 0 Å². The molecule has 0 spiro atoms. The third-order valence-electron chi connectivity index (χ3n) is 4.24. The Hall–Kier alpha value is -2.52. The van der Waals surface area contributed by atoms with E-state index in [0.717, 1.165) is 0 Å². The molecule has 3 heteroatoms. The third kappa shape index (κ3) is 2.51. The van der Waals surface area contributed by atoms with E-state index < -0.39 is 8.07 Å². The van der Waals surface area contributed by atoms with E-state index in [1.807, 2.05) is 30.3 Å². The first-order chi connectivity index (χ1) is 10.6. The number of phenols is 2. The van der Waals surface area contributed by atoms with Crippen LogP contribution in [0.3, 0.4) is 0 Å². The van der Waals surface area contributed by atoms with Crippen molar-refractivity contribution in [1.82, 2.24) is 0 Å². The second-order valence-corrected chi connectivity index (χ2v) is 9.57. The van der Waals surface area contributed by atoms with Crippen molar-refractivity contribution in [3.63, 3.8) is 0 Å². The molecule has 3 aromatic rings. The molecule has 3 rings (SSSR count). The lowest BCUT2D eigenvalue weighted by atomic mass is 10.3. The molecule has 2 nitrogen and oxygen atoms in total. The van der Waals surface area contributed by atoms with Crippen LogP contribution in [0.25, 0.3) is 0 Å². The lowest BCUT2D eigenvalue weighted by Gasteiger charge is -2.29. The van der Waals surface area contributed by atoms with Crippen molar-refractivity contribution >= 4 is 23.6 Å². The standard InChI is InChI=1S/C19H18O2Si/c1-22(17-5-3-2-4-6-17,18-11-7-15(20)8-12-18)19-13-9-16(21)10-14-19/h2-14,20-21H,1H3. The summed E-state index contributed by atoms with van der Waals surface area (Å²) >= 11 is 0. The van der Waals surface area contributed by atoms with E-state index in [2.05, 4.69) is 30.8 Å². The van der Waals surface area contributed by atoms with Gasteiger partial charge in [0.15, 0.2) is 0 Å². The first-order valence-electron chi connectivity index (χ1n) is 7.25. The number of hydrogen-bond donors (Lipinski definition) is 2. The van der Waals surface area contributed by atoms with Gasteiger partial charge in [-0.25, -0.2) is 0 Å². The summed E-state index contributed by atoms with van der Waals surface area (Å²) in [5, 5.41) is 22.9. The van der Waals surface area contributed by atoms with Crippen molar-refractivity contribution in [2.24, 2.45) is 0 Å². The molecule has 0 aromatic heterocycles. The monoisotopic (exact) mass is 306 g/mol. The van der Waals surface area contributed by atoms with Gasteiger partial charge in [0.1, 0.15) is 19.6 Å². The zero-order valence-electron chi connectivity index (χ0n) is 12.4. The van der Waals surface area contributed by atoms with Crippen LogP contribution in [-0.2, 0) is 0 Å². The Morgan fingerprint density at radius 2 is 0.909 bits per heavy atom. The van der Waals surface area contributed by atoms with Crippen LogP contribution in [0.15, 0.2) is 78.9 Å². The highest BCUT2D eigenvalue weighted by atomic mass is 28.3. The van der Waals surface area contributed by atoms with Crippen molar-refractivity contribution < 1.29 is 10.2 Å². The number of aromatic hydroxyl groups is 2. The summed E-state index contributed by atoms with van der Waals surface area (Å²) in [6.07, 6.45) is 0. The van der Waals surface area contributed by atoms with E-state index in [1.54, 1.807) is 24.3 Å². The normalized spacial score (nSPS) is 11.3. The minimum absolute atomic E-state index is 0.277. The summed E-state index contributed by atoms with van der Waals surface area (Å²) in [4.78, 5) is 0. The van der Waals surface area contributed by atoms with Gasteiger partial charge in [0.05, 0.1) is 0 Å². The zero-order valence-corrected chi connectivity index (χ0v) is 13.4. The van der Waals surface area contributed by atoms with Crippen LogP contribution in [0.5, 0.6) is 11.5 Å². The van der Waals surface area contributed by atoms with E-state index in [9.17, 15) is 10.2 Å². The average Bonchev–Trinajstić information content (AvgIpc) is 2.56. The van der Waals surface area contributed by atoms with Crippen LogP contribution in [-0.4, -0.2) is 18.3 Å². The SMILES string of the molecule is C[Si](c1ccccc1)(c1ccc(O)cc1)c1ccc(O)cc1. The fourth-order valence-electron chi connectivity index (χ4n) is 2.86. The predicted molar refractivity (Wildman–Crippen MR) is 93.2 cm³/mol. The molecule has 0 heterocycles. The first-order valence-corrected chi connectivity index (χ1v) is 9.75. The smallest absolute Gasteiger partial charge is 0.145 e. The molecule has 110 valence electrons. The van der Waals surface area contributed by atoms with Crippen molar-refractivity contribution in [3.05, 3.63) is 78.9 Å². The van der Waals surface area contributed by atoms with Gasteiger partial charge in [-0.15, -0.1) is 0 Å². The highest BCUT2D eigenvalue weighted by molar-refractivity contribution is 7.10. The molecule has 0 bridgehead atoms. The zero-order chi connectivity index (χ0) is 15.6. The molecule has 22 heavy (non-hydrogen) atoms. The molecule has 0 aliphatic rings. The summed E-state index contributed by atoms with van der Waals surface area (Å²) in [7, 11) is -2.15. The van der Waals surface area contributed by atoms with Gasteiger partial charge in [-0.3, -0.25) is 0 Å². The van der Waals surface area contributed by atoms with Crippen molar-refractivity contribution in [3.8, 4) is 11.5 Å². The van der Waals surface area contributed by atoms with Gasteiger partial charge in [0, 0.05) is 0 Å². The minimum Gasteiger partial charge on any atom is -0.508 e. The second-order valence-electron chi connectivity index (χ2n) is 5.58. The topological polar surface area (TPSA) is 40.5 Å². The van der Waals surface area contributed by atoms with E-state index >= 15 is 0 Å². The first kappa shape index (κ1) is 14.4. The van der Waals surface area contributed by atoms with Gasteiger partial charge < -0.3 is 10.2 Å². The van der Waals surface area contributed by atoms with Crippen molar-refractivity contribution in [2.45, 2.75) is 6.55 Å². The highest BCUT2D eigenvalue weighted by Crippen LogP contribution is 2.12. The van der Waals surface area contributed by atoms with E-state index in [0.29, 0.717) is 0 Å². The van der Waals surface area contributed by atoms with Gasteiger partial charge in [0.25, 0.3) is 0 Å². The molecule has 0 aliphatic heterocycles. The number of rotatable bonds is 3. The molecule has 0 amide bonds. The molecule has 0 radical (unpaired) electrons. The van der Waals surface area contributed by atoms with Gasteiger partial charge >= 0.3 is 0 Å². The molecule has 0 unspecified atom stereocenters. The Bertz CT molecular complexity index is 704. The Labute approximate surface area is 131 Å². The summed E-state index contributed by atoms with van der Waals surface area (Å²) in [5.74, 6) is 0.553. The molecule has 0 aliphatic carbocycles. The fraction of sp³-hybridized carbons (Fsp3) is 0.0526. The second kappa shape index (κ2) is 5.70. The van der Waals surface area contributed by atoms with Crippen LogP contribution in [0.4, 0.5) is 0 Å². The van der Waals surface area contributed by atoms with E-state index in [1.165, 1.54) is 15.6 Å². The molecule has 3 aromatic carbocycles. The lowest BCUT2D eigenvalue weighted by Crippen LogP contribution is -2.64. The van der Waals surface area contributed by atoms with Gasteiger partial charge in [-0.2, -0.15) is 0 Å². The largest absolute Gasteiger partial charge is 0.508 e. The molecule has 0 saturated carbocycles. The van der Waals surface area contributed by atoms with Gasteiger partial charge in [-0.05, 0) is 39.8 Å². The summed E-state index contributed by atoms with van der Waals surface area (Å²) in [5.41, 5.74) is 0. The van der Waals surface area contributed by atoms with Gasteiger partial charge in [-0.1, -0.05) is 61.1 Å². The Morgan fingerprint density at radius 3 is 1.32 bits per heavy atom. The molecular weight excluding hydrogens is 288 g/mol. The number of phenolic OH excluding ortho intramolecular Hbond substituents is 2. The Morgan fingerprint density at radius 1 is 0.545 bits per heavy atom. The Balaban J connectivity index is 2.22. The van der Waals surface area contributed by atoms with Crippen LogP contribution in [0.1, 0.15) is 0 Å². The highest BCUT2D eigenvalue weighted by Gasteiger charge is 2.33. The number of benzene rings is 3. The summed E-state index contributed by atoms with van der Waals surface area (Å²) < 4.78 is 0. The van der Waals surface area contributed by atoms with Crippen molar-refractivity contribution in [1.29, 1.82) is 0 Å².